The third-order valence-electron chi connectivity index (χ3n) is 1.11. The summed E-state index contributed by atoms with van der Waals surface area (Å²) in [5.74, 6) is 0.532. The van der Waals surface area contributed by atoms with E-state index in [0.717, 1.165) is 13.1 Å². The summed E-state index contributed by atoms with van der Waals surface area (Å²) < 4.78 is 15.4. The molecule has 10 heavy (non-hydrogen) atoms. The van der Waals surface area contributed by atoms with Gasteiger partial charge in [0.1, 0.15) is 0 Å². The Morgan fingerprint density at radius 2 is 2.40 bits per heavy atom. The normalized spacial score (nSPS) is 13.5. The van der Waals surface area contributed by atoms with Gasteiger partial charge in [-0.05, 0) is 7.05 Å². The van der Waals surface area contributed by atoms with Crippen molar-refractivity contribution in [1.82, 2.24) is 4.90 Å². The van der Waals surface area contributed by atoms with E-state index in [-0.39, 0.29) is 0 Å². The molecule has 0 radical (unpaired) electrons. The Labute approximate surface area is 64.5 Å². The van der Waals surface area contributed by atoms with Gasteiger partial charge >= 0.3 is 0 Å². The largest absolute Gasteiger partial charge is 0.322 e. The van der Waals surface area contributed by atoms with E-state index >= 15 is 0 Å². The highest BCUT2D eigenvalue weighted by Gasteiger charge is 1.94. The van der Waals surface area contributed by atoms with Gasteiger partial charge in [-0.1, -0.05) is 6.08 Å². The second-order valence-electron chi connectivity index (χ2n) is 2.12. The highest BCUT2D eigenvalue weighted by molar-refractivity contribution is 7.80. The predicted molar refractivity (Wildman–Crippen MR) is 45.3 cm³/mol. The molecule has 4 heteroatoms. The fraction of sp³-hybridized carbons (Fsp3) is 0.667. The zero-order valence-electron chi connectivity index (χ0n) is 6.21. The van der Waals surface area contributed by atoms with E-state index in [9.17, 15) is 0 Å². The summed E-state index contributed by atoms with van der Waals surface area (Å²) in [5, 5.41) is 0. The second-order valence-corrected chi connectivity index (χ2v) is 3.26. The summed E-state index contributed by atoms with van der Waals surface area (Å²) >= 11 is 0. The summed E-state index contributed by atoms with van der Waals surface area (Å²) in [7, 11) is 0.773. The van der Waals surface area contributed by atoms with E-state index in [4.69, 9.17) is 9.33 Å². The highest BCUT2D eigenvalue weighted by Crippen LogP contribution is 1.83. The molecule has 0 saturated heterocycles. The van der Waals surface area contributed by atoms with Crippen molar-refractivity contribution in [2.75, 3.05) is 25.9 Å². The van der Waals surface area contributed by atoms with Crippen LogP contribution in [-0.4, -0.2) is 35.3 Å². The summed E-state index contributed by atoms with van der Waals surface area (Å²) in [6.45, 7) is 5.15. The zero-order valence-corrected chi connectivity index (χ0v) is 7.02. The van der Waals surface area contributed by atoms with Gasteiger partial charge in [-0.3, -0.25) is 4.78 Å². The molecule has 0 aliphatic heterocycles. The summed E-state index contributed by atoms with van der Waals surface area (Å²) in [6.07, 6.45) is 1.80. The van der Waals surface area contributed by atoms with Crippen LogP contribution in [0.25, 0.3) is 0 Å². The fourth-order valence-electron chi connectivity index (χ4n) is 0.554. The van der Waals surface area contributed by atoms with Crippen molar-refractivity contribution in [3.63, 3.8) is 0 Å². The summed E-state index contributed by atoms with van der Waals surface area (Å²) in [4.78, 5) is 2.01. The number of nitrogens with one attached hydrogen (secondary N) is 1. The van der Waals surface area contributed by atoms with Crippen molar-refractivity contribution in [1.29, 1.82) is 4.78 Å². The van der Waals surface area contributed by atoms with Crippen molar-refractivity contribution in [3.05, 3.63) is 12.7 Å². The van der Waals surface area contributed by atoms with Crippen LogP contribution in [-0.2, 0) is 11.0 Å². The lowest BCUT2D eigenvalue weighted by molar-refractivity contribution is 0.393. The number of likely N-dealkylation sites (N-methyl/N-ethyl adjacent to an activating group) is 1. The van der Waals surface area contributed by atoms with Crippen LogP contribution in [0.2, 0.25) is 0 Å². The van der Waals surface area contributed by atoms with Crippen molar-refractivity contribution in [2.45, 2.75) is 0 Å². The average molecular weight is 162 g/mol. The molecule has 0 saturated carbocycles. The molecule has 0 aliphatic carbocycles. The minimum Gasteiger partial charge on any atom is -0.322 e. The molecule has 0 aliphatic rings. The van der Waals surface area contributed by atoms with E-state index in [1.54, 1.807) is 6.08 Å². The minimum absolute atomic E-state index is 0.532. The first kappa shape index (κ1) is 9.81. The van der Waals surface area contributed by atoms with Crippen LogP contribution >= 0.6 is 0 Å². The van der Waals surface area contributed by atoms with E-state index in [2.05, 4.69) is 6.58 Å². The Bertz CT molecular complexity index is 127. The summed E-state index contributed by atoms with van der Waals surface area (Å²) in [5.41, 5.74) is 0. The van der Waals surface area contributed by atoms with Crippen molar-refractivity contribution < 1.29 is 4.55 Å². The molecule has 0 aromatic heterocycles. The van der Waals surface area contributed by atoms with E-state index in [1.807, 2.05) is 11.9 Å². The van der Waals surface area contributed by atoms with Crippen LogP contribution in [0.5, 0.6) is 0 Å². The van der Waals surface area contributed by atoms with E-state index in [0.29, 0.717) is 5.75 Å². The SMILES string of the molecule is C=CCN(C)CCS(=N)O. The van der Waals surface area contributed by atoms with Crippen molar-refractivity contribution in [2.24, 2.45) is 0 Å². The van der Waals surface area contributed by atoms with Gasteiger partial charge in [-0.2, -0.15) is 0 Å². The quantitative estimate of drug-likeness (QED) is 0.591. The number of nitrogens with zero attached hydrogens (tertiary/aromatic N) is 1. The molecule has 1 unspecified atom stereocenters. The van der Waals surface area contributed by atoms with Crippen LogP contribution < -0.4 is 0 Å². The van der Waals surface area contributed by atoms with Gasteiger partial charge in [0.2, 0.25) is 0 Å². The molecule has 2 N–H and O–H groups in total. The van der Waals surface area contributed by atoms with Gasteiger partial charge in [-0.15, -0.1) is 6.58 Å². The third kappa shape index (κ3) is 5.94. The molecule has 0 rings (SSSR count). The van der Waals surface area contributed by atoms with Crippen molar-refractivity contribution >= 4 is 11.0 Å². The molecule has 0 aromatic carbocycles. The van der Waals surface area contributed by atoms with Crippen LogP contribution in [0, 0.1) is 4.78 Å². The van der Waals surface area contributed by atoms with Crippen LogP contribution in [0.4, 0.5) is 0 Å². The zero-order chi connectivity index (χ0) is 7.98. The number of hydrogen-bond acceptors (Lipinski definition) is 2. The molecule has 0 amide bonds. The van der Waals surface area contributed by atoms with Crippen LogP contribution in [0.1, 0.15) is 0 Å². The molecular weight excluding hydrogens is 148 g/mol. The average Bonchev–Trinajstić information content (AvgIpc) is 1.85. The maximum Gasteiger partial charge on any atom is 0.0415 e. The highest BCUT2D eigenvalue weighted by atomic mass is 32.2. The third-order valence-corrected chi connectivity index (χ3v) is 1.68. The molecule has 60 valence electrons. The number of hydrogen-bond donors (Lipinski definition) is 2. The first-order valence-corrected chi connectivity index (χ1v) is 4.42. The van der Waals surface area contributed by atoms with Gasteiger partial charge in [0, 0.05) is 29.8 Å². The van der Waals surface area contributed by atoms with Gasteiger partial charge in [0.25, 0.3) is 0 Å². The minimum atomic E-state index is -1.17. The molecule has 1 atom stereocenters. The Kier molecular flexibility index (Phi) is 5.48. The van der Waals surface area contributed by atoms with Gasteiger partial charge < -0.3 is 9.45 Å². The Balaban J connectivity index is 3.29. The molecular formula is C6H14N2OS. The lowest BCUT2D eigenvalue weighted by Gasteiger charge is -2.12. The van der Waals surface area contributed by atoms with Gasteiger partial charge in [0.05, 0.1) is 0 Å². The predicted octanol–water partition coefficient (Wildman–Crippen LogP) is 0.958. The second kappa shape index (κ2) is 5.58. The summed E-state index contributed by atoms with van der Waals surface area (Å²) in [6, 6.07) is 0. The Morgan fingerprint density at radius 1 is 1.80 bits per heavy atom. The lowest BCUT2D eigenvalue weighted by Crippen LogP contribution is -2.23. The molecule has 0 spiro atoms. The Hall–Kier alpha value is -0.190. The standard InChI is InChI=1S/C6H14N2OS/c1-3-4-8(2)5-6-10(7)9/h3H,1,4-6H2,2H3,(H2,7,9). The molecule has 0 aromatic rings. The lowest BCUT2D eigenvalue weighted by atomic mass is 10.5. The number of rotatable bonds is 5. The topological polar surface area (TPSA) is 47.3 Å². The molecule has 0 fully saturated rings. The molecule has 0 bridgehead atoms. The van der Waals surface area contributed by atoms with Crippen LogP contribution in [0.15, 0.2) is 12.7 Å². The maximum absolute atomic E-state index is 8.61. The smallest absolute Gasteiger partial charge is 0.0415 e. The fourth-order valence-corrected chi connectivity index (χ4v) is 1.04. The van der Waals surface area contributed by atoms with Crippen molar-refractivity contribution in [3.8, 4) is 0 Å². The van der Waals surface area contributed by atoms with Gasteiger partial charge in [0.15, 0.2) is 0 Å². The van der Waals surface area contributed by atoms with Crippen LogP contribution in [0.3, 0.4) is 0 Å². The maximum atomic E-state index is 8.61. The first-order valence-electron chi connectivity index (χ1n) is 3.07. The first-order chi connectivity index (χ1) is 4.66. The monoisotopic (exact) mass is 162 g/mol. The Morgan fingerprint density at radius 3 is 2.80 bits per heavy atom. The van der Waals surface area contributed by atoms with E-state index in [1.165, 1.54) is 0 Å². The van der Waals surface area contributed by atoms with Gasteiger partial charge in [-0.25, -0.2) is 0 Å². The molecule has 0 heterocycles. The van der Waals surface area contributed by atoms with E-state index < -0.39 is 11.0 Å². The molecule has 3 nitrogen and oxygen atoms in total.